The third-order valence-electron chi connectivity index (χ3n) is 3.82. The van der Waals surface area contributed by atoms with Crippen LogP contribution in [0.4, 0.5) is 0 Å². The first-order chi connectivity index (χ1) is 13.4. The Balaban J connectivity index is 1.73. The number of thioether (sulfide) groups is 1. The zero-order chi connectivity index (χ0) is 20.1. The average Bonchev–Trinajstić information content (AvgIpc) is 3.00. The summed E-state index contributed by atoms with van der Waals surface area (Å²) in [6, 6.07) is 13.9. The van der Waals surface area contributed by atoms with Gasteiger partial charge in [0.1, 0.15) is 5.25 Å². The van der Waals surface area contributed by atoms with Gasteiger partial charge in [0.25, 0.3) is 0 Å². The van der Waals surface area contributed by atoms with E-state index in [1.807, 2.05) is 30.3 Å². The zero-order valence-corrected chi connectivity index (χ0v) is 15.2. The molecule has 0 aliphatic carbocycles. The first-order valence-electron chi connectivity index (χ1n) is 8.16. The molecule has 0 saturated carbocycles. The fraction of sp³-hybridized carbons (Fsp3) is 0.105. The summed E-state index contributed by atoms with van der Waals surface area (Å²) in [4.78, 5) is 33.5. The van der Waals surface area contributed by atoms with E-state index < -0.39 is 23.1 Å². The van der Waals surface area contributed by atoms with Crippen molar-refractivity contribution in [2.75, 3.05) is 0 Å². The van der Waals surface area contributed by atoms with Crippen LogP contribution in [0.15, 0.2) is 58.7 Å². The Kier molecular flexibility index (Phi) is 5.85. The number of nitrogens with zero attached hydrogens (tertiary/aromatic N) is 2. The smallest absolute Gasteiger partial charge is 0.335 e. The van der Waals surface area contributed by atoms with Gasteiger partial charge in [0.15, 0.2) is 5.17 Å². The second kappa shape index (κ2) is 8.49. The fourth-order valence-corrected chi connectivity index (χ4v) is 3.44. The van der Waals surface area contributed by atoms with Gasteiger partial charge in [-0.1, -0.05) is 42.1 Å². The van der Waals surface area contributed by atoms with Gasteiger partial charge in [-0.15, -0.1) is 5.10 Å². The van der Waals surface area contributed by atoms with E-state index in [1.54, 1.807) is 12.1 Å². The first-order valence-corrected chi connectivity index (χ1v) is 9.04. The molecule has 1 fully saturated rings. The minimum atomic E-state index is -1.05. The Morgan fingerprint density at radius 2 is 1.82 bits per heavy atom. The molecule has 3 rings (SSSR count). The predicted molar refractivity (Wildman–Crippen MR) is 106 cm³/mol. The molecule has 1 saturated heterocycles. The van der Waals surface area contributed by atoms with E-state index in [1.165, 1.54) is 12.3 Å². The van der Waals surface area contributed by atoms with Crippen LogP contribution in [0.25, 0.3) is 11.1 Å². The summed E-state index contributed by atoms with van der Waals surface area (Å²) in [6.07, 6.45) is 1.21. The van der Waals surface area contributed by atoms with Crippen LogP contribution in [0, 0.1) is 0 Å². The Morgan fingerprint density at radius 1 is 1.11 bits per heavy atom. The molecule has 1 atom stereocenters. The monoisotopic (exact) mass is 397 g/mol. The molecule has 1 aliphatic rings. The van der Waals surface area contributed by atoms with Crippen LogP contribution in [-0.4, -0.2) is 44.7 Å². The lowest BCUT2D eigenvalue weighted by Crippen LogP contribution is -2.26. The molecule has 1 aliphatic heterocycles. The van der Waals surface area contributed by atoms with E-state index in [0.29, 0.717) is 0 Å². The van der Waals surface area contributed by atoms with Gasteiger partial charge in [0, 0.05) is 0 Å². The van der Waals surface area contributed by atoms with E-state index in [0.717, 1.165) is 28.5 Å². The van der Waals surface area contributed by atoms with Crippen LogP contribution in [0.1, 0.15) is 22.3 Å². The van der Waals surface area contributed by atoms with Crippen molar-refractivity contribution in [3.05, 3.63) is 59.7 Å². The summed E-state index contributed by atoms with van der Waals surface area (Å²) < 4.78 is 0. The van der Waals surface area contributed by atoms with Crippen molar-refractivity contribution < 1.29 is 24.6 Å². The number of aliphatic carboxylic acids is 1. The molecule has 0 aromatic heterocycles. The summed E-state index contributed by atoms with van der Waals surface area (Å²) in [6.45, 7) is 0. The molecule has 0 radical (unpaired) electrons. The highest BCUT2D eigenvalue weighted by Gasteiger charge is 2.32. The molecular weight excluding hydrogens is 382 g/mol. The number of hydrogen-bond donors (Lipinski definition) is 3. The number of nitrogens with one attached hydrogen (secondary N) is 1. The Labute approximate surface area is 164 Å². The molecule has 2 aromatic carbocycles. The first kappa shape index (κ1) is 19.3. The zero-order valence-electron chi connectivity index (χ0n) is 14.4. The normalized spacial score (nSPS) is 17.8. The van der Waals surface area contributed by atoms with Crippen molar-refractivity contribution in [3.63, 3.8) is 0 Å². The topological polar surface area (TPSA) is 128 Å². The maximum atomic E-state index is 11.7. The Hall–Kier alpha value is -3.46. The number of benzene rings is 2. The molecule has 1 heterocycles. The third kappa shape index (κ3) is 4.83. The van der Waals surface area contributed by atoms with Crippen LogP contribution in [0.2, 0.25) is 0 Å². The number of hydrogen-bond acceptors (Lipinski definition) is 6. The van der Waals surface area contributed by atoms with Crippen molar-refractivity contribution >= 4 is 41.0 Å². The van der Waals surface area contributed by atoms with Crippen molar-refractivity contribution in [1.29, 1.82) is 0 Å². The van der Waals surface area contributed by atoms with Crippen molar-refractivity contribution in [2.45, 2.75) is 11.7 Å². The number of carboxylic acid groups (broad SMARTS) is 2. The van der Waals surface area contributed by atoms with Crippen LogP contribution in [0.5, 0.6) is 0 Å². The molecule has 1 unspecified atom stereocenters. The van der Waals surface area contributed by atoms with Crippen LogP contribution in [-0.2, 0) is 9.59 Å². The lowest BCUT2D eigenvalue weighted by Gasteiger charge is -2.04. The molecule has 8 nitrogen and oxygen atoms in total. The third-order valence-corrected chi connectivity index (χ3v) is 4.89. The molecule has 9 heteroatoms. The highest BCUT2D eigenvalue weighted by atomic mass is 32.2. The molecule has 2 aromatic rings. The number of carboxylic acids is 2. The highest BCUT2D eigenvalue weighted by molar-refractivity contribution is 8.15. The predicted octanol–water partition coefficient (Wildman–Crippen LogP) is 2.45. The summed E-state index contributed by atoms with van der Waals surface area (Å²) >= 11 is 1.03. The maximum Gasteiger partial charge on any atom is 0.335 e. The average molecular weight is 397 g/mol. The summed E-state index contributed by atoms with van der Waals surface area (Å²) in [5.41, 5.74) is 2.52. The summed E-state index contributed by atoms with van der Waals surface area (Å²) in [7, 11) is 0. The van der Waals surface area contributed by atoms with Gasteiger partial charge in [-0.2, -0.15) is 5.10 Å². The summed E-state index contributed by atoms with van der Waals surface area (Å²) in [5.74, 6) is -2.45. The van der Waals surface area contributed by atoms with E-state index in [2.05, 4.69) is 15.5 Å². The van der Waals surface area contributed by atoms with Gasteiger partial charge < -0.3 is 15.5 Å². The molecular formula is C19H15N3O5S. The van der Waals surface area contributed by atoms with E-state index in [9.17, 15) is 14.4 Å². The van der Waals surface area contributed by atoms with Crippen LogP contribution in [0.3, 0.4) is 0 Å². The Morgan fingerprint density at radius 3 is 2.54 bits per heavy atom. The molecule has 142 valence electrons. The minimum Gasteiger partial charge on any atom is -0.481 e. The SMILES string of the molecule is O=C(O)CC1SC(=NN=Cc2cccc(-c3cccc(C(=O)O)c3)c2)NC1=O. The highest BCUT2D eigenvalue weighted by Crippen LogP contribution is 2.23. The fourth-order valence-electron chi connectivity index (χ4n) is 2.52. The molecule has 0 spiro atoms. The number of carbonyl (C=O) groups is 3. The number of rotatable bonds is 6. The molecule has 28 heavy (non-hydrogen) atoms. The largest absolute Gasteiger partial charge is 0.481 e. The molecule has 3 N–H and O–H groups in total. The van der Waals surface area contributed by atoms with Gasteiger partial charge in [0.05, 0.1) is 18.2 Å². The lowest BCUT2D eigenvalue weighted by molar-refractivity contribution is -0.138. The van der Waals surface area contributed by atoms with Crippen LogP contribution >= 0.6 is 11.8 Å². The Bertz CT molecular complexity index is 1000. The van der Waals surface area contributed by atoms with Crippen molar-refractivity contribution in [1.82, 2.24) is 5.32 Å². The number of amides is 1. The maximum absolute atomic E-state index is 11.7. The quantitative estimate of drug-likeness (QED) is 0.507. The van der Waals surface area contributed by atoms with Gasteiger partial charge in [-0.3, -0.25) is 9.59 Å². The minimum absolute atomic E-state index is 0.202. The summed E-state index contributed by atoms with van der Waals surface area (Å²) in [5, 5.41) is 27.8. The second-order valence-electron chi connectivity index (χ2n) is 5.85. The second-order valence-corrected chi connectivity index (χ2v) is 7.05. The van der Waals surface area contributed by atoms with E-state index in [4.69, 9.17) is 10.2 Å². The molecule has 0 bridgehead atoms. The standard InChI is InChI=1S/C19H15N3O5S/c23-16(24)9-15-17(25)21-19(28-15)22-20-10-11-3-1-4-12(7-11)13-5-2-6-14(8-13)18(26)27/h1-8,10,15H,9H2,(H,23,24)(H,26,27)(H,21,22,25). The number of amidine groups is 1. The molecule has 1 amide bonds. The van der Waals surface area contributed by atoms with Crippen LogP contribution < -0.4 is 5.32 Å². The van der Waals surface area contributed by atoms with Crippen molar-refractivity contribution in [2.24, 2.45) is 10.2 Å². The number of aromatic carboxylic acids is 1. The van der Waals surface area contributed by atoms with Gasteiger partial charge >= 0.3 is 11.9 Å². The van der Waals surface area contributed by atoms with Gasteiger partial charge in [0.2, 0.25) is 5.91 Å². The van der Waals surface area contributed by atoms with Crippen molar-refractivity contribution in [3.8, 4) is 11.1 Å². The number of carbonyl (C=O) groups excluding carboxylic acids is 1. The lowest BCUT2D eigenvalue weighted by atomic mass is 10.0. The van der Waals surface area contributed by atoms with E-state index >= 15 is 0 Å². The van der Waals surface area contributed by atoms with Gasteiger partial charge in [-0.05, 0) is 34.9 Å². The van der Waals surface area contributed by atoms with Gasteiger partial charge in [-0.25, -0.2) is 4.79 Å². The van der Waals surface area contributed by atoms with E-state index in [-0.39, 0.29) is 17.2 Å².